The Morgan fingerprint density at radius 3 is 2.36 bits per heavy atom. The second-order valence-corrected chi connectivity index (χ2v) is 6.08. The van der Waals surface area contributed by atoms with Crippen LogP contribution in [-0.2, 0) is 6.54 Å². The molecule has 2 rings (SSSR count). The molecule has 138 valence electrons. The first-order valence-corrected chi connectivity index (χ1v) is 8.36. The average Bonchev–Trinajstić information content (AvgIpc) is 2.89. The van der Waals surface area contributed by atoms with Crippen LogP contribution in [0.3, 0.4) is 0 Å². The van der Waals surface area contributed by atoms with E-state index < -0.39 is 6.36 Å². The number of rotatable bonds is 7. The van der Waals surface area contributed by atoms with Gasteiger partial charge in [0.25, 0.3) is 0 Å². The third-order valence-electron chi connectivity index (χ3n) is 4.42. The van der Waals surface area contributed by atoms with E-state index >= 15 is 0 Å². The van der Waals surface area contributed by atoms with Crippen LogP contribution in [0.2, 0.25) is 0 Å². The van der Waals surface area contributed by atoms with Crippen molar-refractivity contribution in [3.8, 4) is 11.5 Å². The number of benzene rings is 1. The molecule has 25 heavy (non-hydrogen) atoms. The summed E-state index contributed by atoms with van der Waals surface area (Å²) in [7, 11) is 1.44. The van der Waals surface area contributed by atoms with E-state index in [4.69, 9.17) is 4.74 Å². The molecule has 0 radical (unpaired) electrons. The van der Waals surface area contributed by atoms with Gasteiger partial charge in [-0.3, -0.25) is 0 Å². The van der Waals surface area contributed by atoms with E-state index in [1.807, 2.05) is 6.92 Å². The van der Waals surface area contributed by atoms with Crippen LogP contribution in [0, 0.1) is 6.92 Å². The molecule has 0 unspecified atom stereocenters. The largest absolute Gasteiger partial charge is 0.573 e. The van der Waals surface area contributed by atoms with Gasteiger partial charge in [-0.2, -0.15) is 0 Å². The quantitative estimate of drug-likeness (QED) is 0.640. The second-order valence-electron chi connectivity index (χ2n) is 6.08. The first-order valence-electron chi connectivity index (χ1n) is 8.36. The predicted octanol–water partition coefficient (Wildman–Crippen LogP) is 5.66. The molecule has 1 heterocycles. The van der Waals surface area contributed by atoms with Crippen LogP contribution in [0.5, 0.6) is 11.5 Å². The highest BCUT2D eigenvalue weighted by atomic mass is 19.4. The van der Waals surface area contributed by atoms with E-state index in [0.717, 1.165) is 24.1 Å². The van der Waals surface area contributed by atoms with E-state index in [0.29, 0.717) is 18.2 Å². The van der Waals surface area contributed by atoms with Crippen LogP contribution in [0.25, 0.3) is 0 Å². The number of aromatic nitrogens is 1. The lowest BCUT2D eigenvalue weighted by Crippen LogP contribution is -2.17. The average molecular weight is 355 g/mol. The van der Waals surface area contributed by atoms with Crippen molar-refractivity contribution in [3.05, 3.63) is 47.3 Å². The summed E-state index contributed by atoms with van der Waals surface area (Å²) in [6.07, 6.45) is -0.445. The third-order valence-corrected chi connectivity index (χ3v) is 4.42. The van der Waals surface area contributed by atoms with E-state index in [-0.39, 0.29) is 5.75 Å². The lowest BCUT2D eigenvalue weighted by molar-refractivity contribution is -0.274. The summed E-state index contributed by atoms with van der Waals surface area (Å²) in [5, 5.41) is 0. The van der Waals surface area contributed by atoms with Gasteiger partial charge in [-0.05, 0) is 49.4 Å². The molecule has 0 amide bonds. The molecule has 1 aromatic heterocycles. The molecule has 0 fully saturated rings. The molecule has 2 aromatic rings. The van der Waals surface area contributed by atoms with Crippen molar-refractivity contribution in [1.82, 2.24) is 4.57 Å². The summed E-state index contributed by atoms with van der Waals surface area (Å²) in [5.74, 6) is 0.610. The Labute approximate surface area is 146 Å². The van der Waals surface area contributed by atoms with Gasteiger partial charge in [0.05, 0.1) is 13.7 Å². The van der Waals surface area contributed by atoms with Gasteiger partial charge in [-0.25, -0.2) is 0 Å². The van der Waals surface area contributed by atoms with Crippen LogP contribution in [0.4, 0.5) is 13.2 Å². The Bertz CT molecular complexity index is 703. The normalized spacial score (nSPS) is 11.8. The highest BCUT2D eigenvalue weighted by Gasteiger charge is 2.31. The number of hydrogen-bond acceptors (Lipinski definition) is 2. The number of aryl methyl sites for hydroxylation is 1. The molecule has 0 aliphatic carbocycles. The Kier molecular flexibility index (Phi) is 6.03. The minimum atomic E-state index is -4.71. The van der Waals surface area contributed by atoms with E-state index in [9.17, 15) is 13.2 Å². The fraction of sp³-hybridized carbons (Fsp3) is 0.474. The summed E-state index contributed by atoms with van der Waals surface area (Å²) in [6.45, 7) is 6.90. The van der Waals surface area contributed by atoms with Crippen LogP contribution in [0.1, 0.15) is 49.4 Å². The van der Waals surface area contributed by atoms with Crippen molar-refractivity contribution in [1.29, 1.82) is 0 Å². The zero-order valence-electron chi connectivity index (χ0n) is 15.0. The number of nitrogens with zero attached hydrogens (tertiary/aromatic N) is 1. The molecule has 0 aliphatic heterocycles. The molecule has 6 heteroatoms. The van der Waals surface area contributed by atoms with Gasteiger partial charge >= 0.3 is 6.36 Å². The van der Waals surface area contributed by atoms with Crippen LogP contribution in [-0.4, -0.2) is 18.0 Å². The molecule has 0 saturated carbocycles. The first kappa shape index (κ1) is 19.2. The maximum atomic E-state index is 12.4. The SMILES string of the molecule is CCC(CC)c1cc(C)n(Cc2ccc(OC(F)(F)F)cc2OC)c1. The Morgan fingerprint density at radius 2 is 1.80 bits per heavy atom. The van der Waals surface area contributed by atoms with Crippen molar-refractivity contribution in [2.75, 3.05) is 7.11 Å². The maximum absolute atomic E-state index is 12.4. The lowest BCUT2D eigenvalue weighted by atomic mass is 9.96. The summed E-state index contributed by atoms with van der Waals surface area (Å²) < 4.78 is 48.4. The summed E-state index contributed by atoms with van der Waals surface area (Å²) >= 11 is 0. The molecule has 0 aliphatic rings. The highest BCUT2D eigenvalue weighted by molar-refractivity contribution is 5.41. The van der Waals surface area contributed by atoms with Crippen molar-refractivity contribution < 1.29 is 22.6 Å². The Morgan fingerprint density at radius 1 is 1.12 bits per heavy atom. The van der Waals surface area contributed by atoms with Gasteiger partial charge in [0, 0.05) is 23.5 Å². The summed E-state index contributed by atoms with van der Waals surface area (Å²) in [5.41, 5.74) is 3.20. The molecule has 0 bridgehead atoms. The maximum Gasteiger partial charge on any atom is 0.573 e. The number of ether oxygens (including phenoxy) is 2. The minimum Gasteiger partial charge on any atom is -0.496 e. The lowest BCUT2D eigenvalue weighted by Gasteiger charge is -2.14. The van der Waals surface area contributed by atoms with E-state index in [1.54, 1.807) is 6.07 Å². The smallest absolute Gasteiger partial charge is 0.496 e. The molecule has 0 spiro atoms. The van der Waals surface area contributed by atoms with Crippen LogP contribution in [0.15, 0.2) is 30.5 Å². The van der Waals surface area contributed by atoms with Gasteiger partial charge in [-0.15, -0.1) is 13.2 Å². The van der Waals surface area contributed by atoms with Crippen molar-refractivity contribution in [2.24, 2.45) is 0 Å². The number of methoxy groups -OCH3 is 1. The molecular formula is C19H24F3NO2. The zero-order valence-corrected chi connectivity index (χ0v) is 15.0. The van der Waals surface area contributed by atoms with Crippen molar-refractivity contribution in [3.63, 3.8) is 0 Å². The molecule has 0 saturated heterocycles. The van der Waals surface area contributed by atoms with E-state index in [2.05, 4.69) is 35.4 Å². The molecular weight excluding hydrogens is 331 g/mol. The second kappa shape index (κ2) is 7.85. The summed E-state index contributed by atoms with van der Waals surface area (Å²) in [6, 6.07) is 6.36. The van der Waals surface area contributed by atoms with Crippen LogP contribution < -0.4 is 9.47 Å². The molecule has 1 aromatic carbocycles. The van der Waals surface area contributed by atoms with Crippen LogP contribution >= 0.6 is 0 Å². The Hall–Kier alpha value is -2.11. The first-order chi connectivity index (χ1) is 11.8. The third kappa shape index (κ3) is 4.94. The highest BCUT2D eigenvalue weighted by Crippen LogP contribution is 2.31. The van der Waals surface area contributed by atoms with Gasteiger partial charge in [-0.1, -0.05) is 13.8 Å². The standard InChI is InChI=1S/C19H24F3NO2/c1-5-14(6-2)16-9-13(3)23(12-16)11-15-7-8-17(10-18(15)24-4)25-19(20,21)22/h7-10,12,14H,5-6,11H2,1-4H3. The predicted molar refractivity (Wildman–Crippen MR) is 91.3 cm³/mol. The zero-order chi connectivity index (χ0) is 18.6. The molecule has 0 N–H and O–H groups in total. The summed E-state index contributed by atoms with van der Waals surface area (Å²) in [4.78, 5) is 0. The van der Waals surface area contributed by atoms with Gasteiger partial charge < -0.3 is 14.0 Å². The minimum absolute atomic E-state index is 0.282. The van der Waals surface area contributed by atoms with Gasteiger partial charge in [0.15, 0.2) is 0 Å². The van der Waals surface area contributed by atoms with Gasteiger partial charge in [0.1, 0.15) is 11.5 Å². The fourth-order valence-corrected chi connectivity index (χ4v) is 3.03. The van der Waals surface area contributed by atoms with Crippen molar-refractivity contribution >= 4 is 0 Å². The van der Waals surface area contributed by atoms with Gasteiger partial charge in [0.2, 0.25) is 0 Å². The fourth-order valence-electron chi connectivity index (χ4n) is 3.03. The topological polar surface area (TPSA) is 23.4 Å². The van der Waals surface area contributed by atoms with E-state index in [1.165, 1.54) is 24.8 Å². The van der Waals surface area contributed by atoms with Crippen molar-refractivity contribution in [2.45, 2.75) is 52.4 Å². The molecule has 0 atom stereocenters. The number of halogens is 3. The Balaban J connectivity index is 2.25. The monoisotopic (exact) mass is 355 g/mol. The molecule has 3 nitrogen and oxygen atoms in total. The number of alkyl halides is 3. The number of hydrogen-bond donors (Lipinski definition) is 0.